The van der Waals surface area contributed by atoms with Gasteiger partial charge >= 0.3 is 11.9 Å². The van der Waals surface area contributed by atoms with Crippen molar-refractivity contribution in [3.8, 4) is 0 Å². The molecule has 0 aliphatic carbocycles. The highest BCUT2D eigenvalue weighted by Gasteiger charge is 2.47. The molecule has 1 fully saturated rings. The summed E-state index contributed by atoms with van der Waals surface area (Å²) in [5, 5.41) is 0. The molecule has 3 rings (SSSR count). The molecule has 0 amide bonds. The molecule has 1 aromatic carbocycles. The number of rotatable bonds is 7. The minimum absolute atomic E-state index is 0.179. The molecule has 24 heavy (non-hydrogen) atoms. The van der Waals surface area contributed by atoms with Gasteiger partial charge in [-0.25, -0.2) is 9.59 Å². The van der Waals surface area contributed by atoms with Gasteiger partial charge < -0.3 is 14.2 Å². The largest absolute Gasteiger partial charge is 0.462 e. The molecular weight excluding hydrogens is 308 g/mol. The van der Waals surface area contributed by atoms with Crippen LogP contribution in [0.25, 0.3) is 0 Å². The van der Waals surface area contributed by atoms with E-state index in [0.29, 0.717) is 17.8 Å². The summed E-state index contributed by atoms with van der Waals surface area (Å²) in [7, 11) is 0. The van der Waals surface area contributed by atoms with Gasteiger partial charge in [0.25, 0.3) is 0 Å². The predicted octanol–water partition coefficient (Wildman–Crippen LogP) is 2.93. The highest BCUT2D eigenvalue weighted by molar-refractivity contribution is 6.03. The van der Waals surface area contributed by atoms with Crippen LogP contribution >= 0.6 is 0 Å². The zero-order valence-corrected chi connectivity index (χ0v) is 13.8. The Hall–Kier alpha value is -2.14. The van der Waals surface area contributed by atoms with Gasteiger partial charge in [-0.15, -0.1) is 0 Å². The van der Waals surface area contributed by atoms with Gasteiger partial charge in [-0.05, 0) is 24.8 Å². The number of esters is 2. The Morgan fingerprint density at radius 1 is 1.04 bits per heavy atom. The lowest BCUT2D eigenvalue weighted by molar-refractivity contribution is -0.143. The summed E-state index contributed by atoms with van der Waals surface area (Å²) < 4.78 is 16.4. The maximum Gasteiger partial charge on any atom is 0.337 e. The topological polar surface area (TPSA) is 61.8 Å². The highest BCUT2D eigenvalue weighted by atomic mass is 16.6. The third-order valence-electron chi connectivity index (χ3n) is 4.34. The third kappa shape index (κ3) is 3.51. The van der Waals surface area contributed by atoms with Gasteiger partial charge in [-0.3, -0.25) is 0 Å². The number of hydrogen-bond acceptors (Lipinski definition) is 5. The van der Waals surface area contributed by atoms with E-state index in [1.54, 1.807) is 0 Å². The summed E-state index contributed by atoms with van der Waals surface area (Å²) in [6.45, 7) is 2.57. The van der Waals surface area contributed by atoms with Crippen molar-refractivity contribution in [3.05, 3.63) is 47.0 Å². The lowest BCUT2D eigenvalue weighted by atomic mass is 9.91. The zero-order chi connectivity index (χ0) is 16.9. The van der Waals surface area contributed by atoms with Crippen molar-refractivity contribution in [1.82, 2.24) is 0 Å². The molecule has 5 heteroatoms. The molecule has 5 nitrogen and oxygen atoms in total. The molecule has 2 bridgehead atoms. The van der Waals surface area contributed by atoms with Gasteiger partial charge in [0, 0.05) is 0 Å². The molecular formula is C19H22O5. The maximum atomic E-state index is 12.5. The minimum Gasteiger partial charge on any atom is -0.462 e. The fourth-order valence-corrected chi connectivity index (χ4v) is 3.08. The average molecular weight is 330 g/mol. The lowest BCUT2D eigenvalue weighted by Gasteiger charge is -2.15. The van der Waals surface area contributed by atoms with Crippen molar-refractivity contribution < 1.29 is 23.8 Å². The van der Waals surface area contributed by atoms with E-state index in [1.807, 2.05) is 37.3 Å². The van der Waals surface area contributed by atoms with Crippen LogP contribution in [0, 0.1) is 0 Å². The Morgan fingerprint density at radius 2 is 1.67 bits per heavy atom. The quantitative estimate of drug-likeness (QED) is 0.568. The molecule has 2 aliphatic rings. The van der Waals surface area contributed by atoms with Crippen LogP contribution in [0.5, 0.6) is 0 Å². The summed E-state index contributed by atoms with van der Waals surface area (Å²) in [4.78, 5) is 24.8. The molecule has 2 unspecified atom stereocenters. The minimum atomic E-state index is -0.478. The highest BCUT2D eigenvalue weighted by Crippen LogP contribution is 2.40. The van der Waals surface area contributed by atoms with Gasteiger partial charge in [0.05, 0.1) is 30.0 Å². The van der Waals surface area contributed by atoms with E-state index in [0.717, 1.165) is 31.2 Å². The first kappa shape index (κ1) is 16.7. The average Bonchev–Trinajstić information content (AvgIpc) is 3.22. The van der Waals surface area contributed by atoms with Crippen molar-refractivity contribution in [2.75, 3.05) is 6.61 Å². The van der Waals surface area contributed by atoms with Crippen LogP contribution in [0.2, 0.25) is 0 Å². The van der Waals surface area contributed by atoms with E-state index in [9.17, 15) is 9.59 Å². The van der Waals surface area contributed by atoms with Gasteiger partial charge in [0.15, 0.2) is 0 Å². The van der Waals surface area contributed by atoms with Gasteiger partial charge in [-0.2, -0.15) is 0 Å². The van der Waals surface area contributed by atoms with Gasteiger partial charge in [0.1, 0.15) is 6.61 Å². The predicted molar refractivity (Wildman–Crippen MR) is 87.0 cm³/mol. The van der Waals surface area contributed by atoms with Gasteiger partial charge in [0.2, 0.25) is 0 Å². The van der Waals surface area contributed by atoms with Crippen LogP contribution in [0.3, 0.4) is 0 Å². The third-order valence-corrected chi connectivity index (χ3v) is 4.34. The Labute approximate surface area is 141 Å². The first-order valence-electron chi connectivity index (χ1n) is 8.48. The van der Waals surface area contributed by atoms with E-state index < -0.39 is 11.9 Å². The number of ether oxygens (including phenoxy) is 3. The first-order chi connectivity index (χ1) is 11.7. The monoisotopic (exact) mass is 330 g/mol. The van der Waals surface area contributed by atoms with E-state index >= 15 is 0 Å². The normalized spacial score (nSPS) is 21.9. The standard InChI is InChI=1S/C19H22O5/c1-2-3-11-22-18(20)16-14-9-10-15(24-14)17(16)19(21)23-12-13-7-5-4-6-8-13/h4-8,14-15H,2-3,9-12H2,1H3. The molecule has 0 spiro atoms. The molecule has 2 atom stereocenters. The molecule has 2 heterocycles. The number of fused-ring (bicyclic) bond motifs is 2. The van der Waals surface area contributed by atoms with Crippen LogP contribution in [0.1, 0.15) is 38.2 Å². The molecule has 0 aromatic heterocycles. The fraction of sp³-hybridized carbons (Fsp3) is 0.474. The van der Waals surface area contributed by atoms with Crippen molar-refractivity contribution in [1.29, 1.82) is 0 Å². The van der Waals surface area contributed by atoms with Crippen LogP contribution in [-0.4, -0.2) is 30.8 Å². The molecule has 128 valence electrons. The lowest BCUT2D eigenvalue weighted by Crippen LogP contribution is -2.24. The van der Waals surface area contributed by atoms with Crippen molar-refractivity contribution in [2.24, 2.45) is 0 Å². The van der Waals surface area contributed by atoms with E-state index in [4.69, 9.17) is 14.2 Å². The van der Waals surface area contributed by atoms with Crippen LogP contribution in [0.4, 0.5) is 0 Å². The van der Waals surface area contributed by atoms with Crippen molar-refractivity contribution >= 4 is 11.9 Å². The maximum absolute atomic E-state index is 12.5. The molecule has 0 N–H and O–H groups in total. The van der Waals surface area contributed by atoms with Crippen LogP contribution < -0.4 is 0 Å². The number of hydrogen-bond donors (Lipinski definition) is 0. The summed E-state index contributed by atoms with van der Waals surface area (Å²) >= 11 is 0. The zero-order valence-electron chi connectivity index (χ0n) is 13.8. The summed E-state index contributed by atoms with van der Waals surface area (Å²) in [5.41, 5.74) is 1.62. The molecule has 0 radical (unpaired) electrons. The molecule has 1 aromatic rings. The second-order valence-electron chi connectivity index (χ2n) is 6.07. The summed E-state index contributed by atoms with van der Waals surface area (Å²) in [6.07, 6.45) is 2.57. The Morgan fingerprint density at radius 3 is 2.29 bits per heavy atom. The second kappa shape index (κ2) is 7.62. The summed E-state index contributed by atoms with van der Waals surface area (Å²) in [6, 6.07) is 9.46. The molecule has 2 aliphatic heterocycles. The van der Waals surface area contributed by atoms with Crippen molar-refractivity contribution in [2.45, 2.75) is 51.4 Å². The van der Waals surface area contributed by atoms with E-state index in [-0.39, 0.29) is 18.8 Å². The SMILES string of the molecule is CCCCOC(=O)C1=C(C(=O)OCc2ccccc2)C2CCC1O2. The Balaban J connectivity index is 1.70. The van der Waals surface area contributed by atoms with E-state index in [2.05, 4.69) is 0 Å². The Bertz CT molecular complexity index is 634. The second-order valence-corrected chi connectivity index (χ2v) is 6.07. The number of carbonyl (C=O) groups is 2. The molecule has 1 saturated heterocycles. The molecule has 0 saturated carbocycles. The fourth-order valence-electron chi connectivity index (χ4n) is 3.08. The van der Waals surface area contributed by atoms with Crippen LogP contribution in [-0.2, 0) is 30.4 Å². The van der Waals surface area contributed by atoms with Crippen LogP contribution in [0.15, 0.2) is 41.5 Å². The smallest absolute Gasteiger partial charge is 0.337 e. The number of carbonyl (C=O) groups excluding carboxylic acids is 2. The number of unbranched alkanes of at least 4 members (excludes halogenated alkanes) is 1. The van der Waals surface area contributed by atoms with Gasteiger partial charge in [-0.1, -0.05) is 43.7 Å². The Kier molecular flexibility index (Phi) is 5.30. The first-order valence-corrected chi connectivity index (χ1v) is 8.48. The van der Waals surface area contributed by atoms with Crippen molar-refractivity contribution in [3.63, 3.8) is 0 Å². The summed E-state index contributed by atoms with van der Waals surface area (Å²) in [5.74, 6) is -0.921. The number of benzene rings is 1. The van der Waals surface area contributed by atoms with E-state index in [1.165, 1.54) is 0 Å².